The number of ether oxygens (including phenoxy) is 1. The highest BCUT2D eigenvalue weighted by atomic mass is 19.2. The number of benzene rings is 1. The topological polar surface area (TPSA) is 26.3 Å². The number of esters is 1. The lowest BCUT2D eigenvalue weighted by atomic mass is 10.1. The van der Waals surface area contributed by atoms with Gasteiger partial charge in [0.05, 0.1) is 0 Å². The summed E-state index contributed by atoms with van der Waals surface area (Å²) in [4.78, 5) is 11.2. The van der Waals surface area contributed by atoms with E-state index in [0.29, 0.717) is 0 Å². The summed E-state index contributed by atoms with van der Waals surface area (Å²) in [5, 5.41) is 0. The third-order valence-corrected chi connectivity index (χ3v) is 1.89. The maximum absolute atomic E-state index is 13.1. The molecule has 0 amide bonds. The number of rotatable bonds is 3. The Balaban J connectivity index is 3.17. The van der Waals surface area contributed by atoms with Crippen molar-refractivity contribution in [2.45, 2.75) is 6.42 Å². The van der Waals surface area contributed by atoms with Gasteiger partial charge in [-0.2, -0.15) is 0 Å². The molecule has 0 aliphatic heterocycles. The van der Waals surface area contributed by atoms with Crippen molar-refractivity contribution in [2.24, 2.45) is 0 Å². The minimum Gasteiger partial charge on any atom is -0.461 e. The second kappa shape index (κ2) is 5.49. The van der Waals surface area contributed by atoms with Gasteiger partial charge in [-0.25, -0.2) is 26.7 Å². The molecule has 1 aromatic carbocycles. The fourth-order valence-electron chi connectivity index (χ4n) is 1.06. The Labute approximate surface area is 98.4 Å². The van der Waals surface area contributed by atoms with Crippen LogP contribution in [0.25, 0.3) is 0 Å². The zero-order valence-corrected chi connectivity index (χ0v) is 8.70. The highest BCUT2D eigenvalue weighted by Gasteiger charge is 2.30. The fraction of sp³-hybridized carbons (Fsp3) is 0.182. The zero-order valence-electron chi connectivity index (χ0n) is 8.70. The van der Waals surface area contributed by atoms with Crippen molar-refractivity contribution in [1.29, 1.82) is 0 Å². The van der Waals surface area contributed by atoms with E-state index in [1.54, 1.807) is 0 Å². The predicted octanol–water partition coefficient (Wildman–Crippen LogP) is 2.56. The molecule has 0 fully saturated rings. The van der Waals surface area contributed by atoms with Crippen LogP contribution < -0.4 is 0 Å². The Hall–Kier alpha value is -2.10. The maximum atomic E-state index is 13.1. The summed E-state index contributed by atoms with van der Waals surface area (Å²) in [5.74, 6) is -10.8. The normalized spacial score (nSPS) is 10.0. The summed E-state index contributed by atoms with van der Waals surface area (Å²) in [6.45, 7) is -0.394. The van der Waals surface area contributed by atoms with Gasteiger partial charge in [0.25, 0.3) is 0 Å². The van der Waals surface area contributed by atoms with Crippen LogP contribution in [-0.2, 0) is 4.74 Å². The molecular formula is C11H5F5O2. The first-order valence-corrected chi connectivity index (χ1v) is 4.53. The van der Waals surface area contributed by atoms with Crippen LogP contribution in [0, 0.1) is 41.4 Å². The number of terminal acetylenes is 1. The van der Waals surface area contributed by atoms with Crippen molar-refractivity contribution < 1.29 is 31.5 Å². The molecule has 0 aromatic heterocycles. The van der Waals surface area contributed by atoms with Crippen molar-refractivity contribution in [3.05, 3.63) is 34.6 Å². The molecule has 0 radical (unpaired) electrons. The second-order valence-corrected chi connectivity index (χ2v) is 3.03. The van der Waals surface area contributed by atoms with Crippen molar-refractivity contribution in [3.8, 4) is 12.3 Å². The van der Waals surface area contributed by atoms with Crippen molar-refractivity contribution in [3.63, 3.8) is 0 Å². The molecule has 96 valence electrons. The number of hydrogen-bond acceptors (Lipinski definition) is 2. The van der Waals surface area contributed by atoms with Gasteiger partial charge in [0.2, 0.25) is 5.82 Å². The van der Waals surface area contributed by atoms with Crippen LogP contribution in [0.1, 0.15) is 16.8 Å². The molecule has 7 heteroatoms. The molecular weight excluding hydrogens is 259 g/mol. The van der Waals surface area contributed by atoms with Gasteiger partial charge in [0.15, 0.2) is 23.3 Å². The highest BCUT2D eigenvalue weighted by Crippen LogP contribution is 2.23. The standard InChI is InChI=1S/C11H5F5O2/c1-2-3-4-18-11(17)5-6(12)8(14)10(16)9(15)7(5)13/h1H,3-4H2. The van der Waals surface area contributed by atoms with E-state index in [2.05, 4.69) is 10.7 Å². The van der Waals surface area contributed by atoms with Crippen LogP contribution in [0.5, 0.6) is 0 Å². The highest BCUT2D eigenvalue weighted by molar-refractivity contribution is 5.90. The van der Waals surface area contributed by atoms with Gasteiger partial charge >= 0.3 is 5.97 Å². The van der Waals surface area contributed by atoms with E-state index in [-0.39, 0.29) is 6.42 Å². The quantitative estimate of drug-likeness (QED) is 0.209. The molecule has 1 rings (SSSR count). The lowest BCUT2D eigenvalue weighted by Crippen LogP contribution is -2.15. The van der Waals surface area contributed by atoms with Crippen LogP contribution in [0.3, 0.4) is 0 Å². The fourth-order valence-corrected chi connectivity index (χ4v) is 1.06. The van der Waals surface area contributed by atoms with Gasteiger partial charge in [0.1, 0.15) is 12.2 Å². The Morgan fingerprint density at radius 3 is 1.89 bits per heavy atom. The molecule has 0 N–H and O–H groups in total. The zero-order chi connectivity index (χ0) is 13.9. The molecule has 0 bridgehead atoms. The summed E-state index contributed by atoms with van der Waals surface area (Å²) in [6.07, 6.45) is 4.77. The van der Waals surface area contributed by atoms with Crippen LogP contribution in [-0.4, -0.2) is 12.6 Å². The first-order valence-electron chi connectivity index (χ1n) is 4.53. The summed E-state index contributed by atoms with van der Waals surface area (Å²) < 4.78 is 68.6. The van der Waals surface area contributed by atoms with Crippen molar-refractivity contribution >= 4 is 5.97 Å². The Kier molecular flexibility index (Phi) is 4.26. The van der Waals surface area contributed by atoms with E-state index in [1.165, 1.54) is 0 Å². The SMILES string of the molecule is C#CCCOC(=O)c1c(F)c(F)c(F)c(F)c1F. The molecule has 0 atom stereocenters. The molecule has 0 spiro atoms. The average Bonchev–Trinajstić information content (AvgIpc) is 2.34. The van der Waals surface area contributed by atoms with Crippen LogP contribution in [0.4, 0.5) is 22.0 Å². The number of halogens is 5. The van der Waals surface area contributed by atoms with Crippen LogP contribution in [0.2, 0.25) is 0 Å². The molecule has 0 unspecified atom stereocenters. The average molecular weight is 264 g/mol. The van der Waals surface area contributed by atoms with Gasteiger partial charge in [0, 0.05) is 6.42 Å². The molecule has 0 heterocycles. The van der Waals surface area contributed by atoms with E-state index in [4.69, 9.17) is 6.42 Å². The molecule has 2 nitrogen and oxygen atoms in total. The smallest absolute Gasteiger partial charge is 0.344 e. The van der Waals surface area contributed by atoms with Gasteiger partial charge in [-0.3, -0.25) is 0 Å². The molecule has 0 aliphatic rings. The van der Waals surface area contributed by atoms with Crippen LogP contribution >= 0.6 is 0 Å². The second-order valence-electron chi connectivity index (χ2n) is 3.03. The van der Waals surface area contributed by atoms with E-state index < -0.39 is 47.2 Å². The van der Waals surface area contributed by atoms with Crippen molar-refractivity contribution in [2.75, 3.05) is 6.61 Å². The summed E-state index contributed by atoms with van der Waals surface area (Å²) in [6, 6.07) is 0. The lowest BCUT2D eigenvalue weighted by molar-refractivity contribution is 0.0499. The minimum atomic E-state index is -2.34. The summed E-state index contributed by atoms with van der Waals surface area (Å²) in [7, 11) is 0. The maximum Gasteiger partial charge on any atom is 0.344 e. The Bertz CT molecular complexity index is 504. The van der Waals surface area contributed by atoms with Gasteiger partial charge in [-0.1, -0.05) is 0 Å². The van der Waals surface area contributed by atoms with Crippen molar-refractivity contribution in [1.82, 2.24) is 0 Å². The van der Waals surface area contributed by atoms with E-state index in [0.717, 1.165) is 0 Å². The van der Waals surface area contributed by atoms with E-state index in [1.807, 2.05) is 0 Å². The lowest BCUT2D eigenvalue weighted by Gasteiger charge is -2.07. The summed E-state index contributed by atoms with van der Waals surface area (Å²) in [5.41, 5.74) is -1.64. The number of carbonyl (C=O) groups is 1. The number of hydrogen-bond donors (Lipinski definition) is 0. The third-order valence-electron chi connectivity index (χ3n) is 1.89. The largest absolute Gasteiger partial charge is 0.461 e. The van der Waals surface area contributed by atoms with E-state index in [9.17, 15) is 26.7 Å². The van der Waals surface area contributed by atoms with Crippen LogP contribution in [0.15, 0.2) is 0 Å². The van der Waals surface area contributed by atoms with Gasteiger partial charge in [-0.15, -0.1) is 12.3 Å². The minimum absolute atomic E-state index is 0.0544. The Morgan fingerprint density at radius 1 is 1.00 bits per heavy atom. The molecule has 0 saturated heterocycles. The first-order chi connectivity index (χ1) is 8.41. The molecule has 0 aliphatic carbocycles. The predicted molar refractivity (Wildman–Crippen MR) is 50.0 cm³/mol. The summed E-state index contributed by atoms with van der Waals surface area (Å²) >= 11 is 0. The molecule has 1 aromatic rings. The van der Waals surface area contributed by atoms with Gasteiger partial charge in [-0.05, 0) is 0 Å². The van der Waals surface area contributed by atoms with E-state index >= 15 is 0 Å². The molecule has 0 saturated carbocycles. The monoisotopic (exact) mass is 264 g/mol. The third kappa shape index (κ3) is 2.42. The first kappa shape index (κ1) is 14.0. The van der Waals surface area contributed by atoms with Gasteiger partial charge < -0.3 is 4.74 Å². The Morgan fingerprint density at radius 2 is 1.44 bits per heavy atom. The molecule has 18 heavy (non-hydrogen) atoms. The number of carbonyl (C=O) groups excluding carboxylic acids is 1.